The Balaban J connectivity index is 0. The fourth-order valence-corrected chi connectivity index (χ4v) is 0. The van der Waals surface area contributed by atoms with Crippen LogP contribution >= 0.6 is 59.3 Å². The molecule has 0 spiro atoms. The Kier molecular flexibility index (Phi) is 35.3. The van der Waals surface area contributed by atoms with E-state index < -0.39 is 0 Å². The maximum atomic E-state index is 2.46. The van der Waals surface area contributed by atoms with E-state index in [0.717, 1.165) is 0 Å². The second kappa shape index (κ2) is 15.7. The van der Waals surface area contributed by atoms with Gasteiger partial charge in [0.1, 0.15) is 0 Å². The summed E-state index contributed by atoms with van der Waals surface area (Å²) in [7, 11) is 0.0650. The summed E-state index contributed by atoms with van der Waals surface area (Å²) in [4.78, 5) is 0. The average molecular weight is 511 g/mol. The number of rotatable bonds is 0. The van der Waals surface area contributed by atoms with Crippen LogP contribution < -0.4 is 0 Å². The van der Waals surface area contributed by atoms with E-state index in [4.69, 9.17) is 0 Å². The van der Waals surface area contributed by atoms with Gasteiger partial charge < -0.3 is 0 Å². The van der Waals surface area contributed by atoms with Crippen LogP contribution in [0.25, 0.3) is 0 Å². The molecule has 0 saturated carbocycles. The summed E-state index contributed by atoms with van der Waals surface area (Å²) in [6.45, 7) is 0. The molecular weight excluding hydrogens is 511 g/mol. The summed E-state index contributed by atoms with van der Waals surface area (Å²) >= 11 is 8.55. The van der Waals surface area contributed by atoms with E-state index in [0.29, 0.717) is 0 Å². The summed E-state index contributed by atoms with van der Waals surface area (Å²) in [6.07, 6.45) is 0. The third-order valence-corrected chi connectivity index (χ3v) is 0. The van der Waals surface area contributed by atoms with E-state index in [2.05, 4.69) is 59.3 Å². The van der Waals surface area contributed by atoms with Gasteiger partial charge in [-0.25, -0.2) is 0 Å². The van der Waals surface area contributed by atoms with Gasteiger partial charge in [-0.05, 0) is 0 Å². The molecule has 0 unspecified atom stereocenters. The van der Waals surface area contributed by atoms with Gasteiger partial charge in [-0.15, -0.1) is 0 Å². The van der Waals surface area contributed by atoms with Crippen molar-refractivity contribution in [3.63, 3.8) is 0 Å². The molecule has 0 aliphatic heterocycles. The Morgan fingerprint density at radius 1 is 1.20 bits per heavy atom. The molecule has 0 aliphatic rings. The molecular formula is I3Zn2. The second-order valence-electron chi connectivity index (χ2n) is 0.101. The quantitative estimate of drug-likeness (QED) is 0.347. The van der Waals surface area contributed by atoms with E-state index in [9.17, 15) is 0 Å². The topological polar surface area (TPSA) is 0 Å². The molecule has 0 aromatic rings. The standard InChI is InChI=1S/3HI.2Zn/h3*1H;;/q;;;+1;+2/p-3. The average Bonchev–Trinajstić information content (AvgIpc) is 1.46. The first-order valence-electron chi connectivity index (χ1n) is 0.802. The van der Waals surface area contributed by atoms with E-state index in [1.165, 1.54) is 14.8 Å². The van der Waals surface area contributed by atoms with Gasteiger partial charge in [0.15, 0.2) is 0 Å². The van der Waals surface area contributed by atoms with Gasteiger partial charge in [0.2, 0.25) is 0 Å². The zero-order valence-corrected chi connectivity index (χ0v) is 15.0. The number of hydrogen-bond donors (Lipinski definition) is 0. The van der Waals surface area contributed by atoms with E-state index in [1.807, 2.05) is 0 Å². The first-order valence-corrected chi connectivity index (χ1v) is 27.9. The van der Waals surface area contributed by atoms with Gasteiger partial charge >= 0.3 is 84.1 Å². The summed E-state index contributed by atoms with van der Waals surface area (Å²) < 4.78 is 0. The number of hydrogen-bond acceptors (Lipinski definition) is 0. The molecule has 0 aromatic carbocycles. The third kappa shape index (κ3) is 18.6. The molecule has 0 saturated heterocycles. The fraction of sp³-hybridized carbons (Fsp3) is 0. The van der Waals surface area contributed by atoms with Crippen molar-refractivity contribution in [1.29, 1.82) is 0 Å². The van der Waals surface area contributed by atoms with Crippen molar-refractivity contribution in [2.24, 2.45) is 0 Å². The molecule has 0 nitrogen and oxygen atoms in total. The van der Waals surface area contributed by atoms with Crippen molar-refractivity contribution in [2.45, 2.75) is 0 Å². The first kappa shape index (κ1) is 11.3. The summed E-state index contributed by atoms with van der Waals surface area (Å²) in [5.41, 5.74) is 0. The van der Waals surface area contributed by atoms with Gasteiger partial charge in [0.05, 0.1) is 0 Å². The normalized spacial score (nSPS) is 3.40. The van der Waals surface area contributed by atoms with Crippen molar-refractivity contribution in [3.8, 4) is 0 Å². The van der Waals surface area contributed by atoms with E-state index >= 15 is 0 Å². The molecule has 0 amide bonds. The van der Waals surface area contributed by atoms with Crippen LogP contribution in [0.2, 0.25) is 0 Å². The van der Waals surface area contributed by atoms with Crippen LogP contribution in [-0.2, 0) is 24.9 Å². The SMILES string of the molecule is [I][Zn][I].[Zn][I]. The van der Waals surface area contributed by atoms with Gasteiger partial charge in [0.25, 0.3) is 0 Å². The van der Waals surface area contributed by atoms with Gasteiger partial charge in [-0.2, -0.15) is 0 Å². The van der Waals surface area contributed by atoms with Gasteiger partial charge in [0, 0.05) is 0 Å². The van der Waals surface area contributed by atoms with Crippen LogP contribution in [0, 0.1) is 0 Å². The monoisotopic (exact) mass is 509 g/mol. The van der Waals surface area contributed by atoms with Crippen LogP contribution in [0.1, 0.15) is 0 Å². The van der Waals surface area contributed by atoms with Crippen molar-refractivity contribution in [3.05, 3.63) is 0 Å². The molecule has 0 radical (unpaired) electrons. The Morgan fingerprint density at radius 2 is 1.20 bits per heavy atom. The Hall–Kier alpha value is 3.44. The Labute approximate surface area is 81.8 Å². The molecule has 0 N–H and O–H groups in total. The molecule has 5 heavy (non-hydrogen) atoms. The molecule has 0 heterocycles. The third-order valence-electron chi connectivity index (χ3n) is 0. The molecule has 0 aromatic heterocycles. The molecule has 0 rings (SSSR count). The van der Waals surface area contributed by atoms with Gasteiger partial charge in [-0.1, -0.05) is 0 Å². The first-order chi connectivity index (χ1) is 2.41. The molecule has 5 heteroatoms. The van der Waals surface area contributed by atoms with Crippen LogP contribution in [-0.4, -0.2) is 0 Å². The molecule has 0 atom stereocenters. The summed E-state index contributed by atoms with van der Waals surface area (Å²) in [5.74, 6) is 0. The Morgan fingerprint density at radius 3 is 1.20 bits per heavy atom. The maximum absolute atomic E-state index is 2.46. The van der Waals surface area contributed by atoms with Crippen molar-refractivity contribution >= 4 is 59.3 Å². The zero-order valence-electron chi connectivity index (χ0n) is 2.55. The minimum absolute atomic E-state index is 0.0650. The minimum atomic E-state index is 0.0650. The molecule has 0 bridgehead atoms. The van der Waals surface area contributed by atoms with Crippen LogP contribution in [0.15, 0.2) is 0 Å². The summed E-state index contributed by atoms with van der Waals surface area (Å²) in [5, 5.41) is 0. The molecule has 25 valence electrons. The van der Waals surface area contributed by atoms with Crippen molar-refractivity contribution in [1.82, 2.24) is 0 Å². The van der Waals surface area contributed by atoms with Crippen molar-refractivity contribution < 1.29 is 24.9 Å². The second-order valence-corrected chi connectivity index (χ2v) is 23.6. The van der Waals surface area contributed by atoms with E-state index in [1.54, 1.807) is 0 Å². The Bertz CT molecular complexity index is 4.85. The van der Waals surface area contributed by atoms with Crippen molar-refractivity contribution in [2.75, 3.05) is 0 Å². The predicted octanol–water partition coefficient (Wildman–Crippen LogP) is 2.65. The zero-order chi connectivity index (χ0) is 4.71. The van der Waals surface area contributed by atoms with Crippen LogP contribution in [0.3, 0.4) is 0 Å². The van der Waals surface area contributed by atoms with E-state index in [-0.39, 0.29) is 10.1 Å². The summed E-state index contributed by atoms with van der Waals surface area (Å²) in [6, 6.07) is 0. The number of halogens is 3. The fourth-order valence-electron chi connectivity index (χ4n) is 0. The van der Waals surface area contributed by atoms with Gasteiger partial charge in [-0.3, -0.25) is 0 Å². The molecule has 0 fully saturated rings. The molecule has 0 aliphatic carbocycles. The van der Waals surface area contributed by atoms with Crippen LogP contribution in [0.4, 0.5) is 0 Å². The van der Waals surface area contributed by atoms with Crippen LogP contribution in [0.5, 0.6) is 0 Å². The predicted molar refractivity (Wildman–Crippen MR) is 42.1 cm³/mol.